The van der Waals surface area contributed by atoms with Crippen molar-refractivity contribution in [2.45, 2.75) is 17.7 Å². The number of amides is 1. The maximum atomic E-state index is 13.7. The second-order valence-corrected chi connectivity index (χ2v) is 7.05. The van der Waals surface area contributed by atoms with Crippen LogP contribution in [0.3, 0.4) is 0 Å². The number of carbonyl (C=O) groups is 1. The monoisotopic (exact) mass is 413 g/mol. The zero-order chi connectivity index (χ0) is 21.4. The van der Waals surface area contributed by atoms with Gasteiger partial charge >= 0.3 is 6.18 Å². The molecule has 2 N–H and O–H groups in total. The lowest BCUT2D eigenvalue weighted by atomic mass is 9.86. The van der Waals surface area contributed by atoms with Crippen molar-refractivity contribution in [3.05, 3.63) is 95.6 Å². The van der Waals surface area contributed by atoms with E-state index in [0.29, 0.717) is 22.6 Å². The molecule has 1 amide bonds. The van der Waals surface area contributed by atoms with E-state index in [1.807, 2.05) is 0 Å². The molecule has 1 heterocycles. The topological polar surface area (TPSA) is 58.6 Å². The Kier molecular flexibility index (Phi) is 4.99. The van der Waals surface area contributed by atoms with Gasteiger partial charge < -0.3 is 15.2 Å². The van der Waals surface area contributed by atoms with Crippen LogP contribution >= 0.6 is 0 Å². The van der Waals surface area contributed by atoms with E-state index in [1.165, 1.54) is 24.3 Å². The predicted octanol–water partition coefficient (Wildman–Crippen LogP) is 4.49. The van der Waals surface area contributed by atoms with Crippen molar-refractivity contribution in [3.8, 4) is 11.5 Å². The van der Waals surface area contributed by atoms with E-state index < -0.39 is 30.1 Å². The third kappa shape index (κ3) is 3.41. The highest BCUT2D eigenvalue weighted by Crippen LogP contribution is 2.44. The Hall–Kier alpha value is -3.32. The van der Waals surface area contributed by atoms with Gasteiger partial charge in [-0.1, -0.05) is 66.7 Å². The Morgan fingerprint density at radius 2 is 1.37 bits per heavy atom. The van der Waals surface area contributed by atoms with E-state index in [0.717, 1.165) is 0 Å². The fourth-order valence-electron chi connectivity index (χ4n) is 3.59. The first kappa shape index (κ1) is 20.0. The molecule has 0 saturated heterocycles. The molecule has 0 saturated carbocycles. The van der Waals surface area contributed by atoms with Crippen LogP contribution in [-0.4, -0.2) is 23.7 Å². The third-order valence-electron chi connectivity index (χ3n) is 5.18. The van der Waals surface area contributed by atoms with E-state index >= 15 is 0 Å². The molecule has 3 aromatic rings. The van der Waals surface area contributed by atoms with E-state index in [-0.39, 0.29) is 5.56 Å². The number of benzene rings is 3. The van der Waals surface area contributed by atoms with Crippen LogP contribution in [0.5, 0.6) is 11.5 Å². The molecular formula is C23H18F3NO3. The van der Waals surface area contributed by atoms with E-state index in [1.54, 1.807) is 54.6 Å². The van der Waals surface area contributed by atoms with Gasteiger partial charge in [0.15, 0.2) is 0 Å². The molecule has 0 radical (unpaired) electrons. The molecule has 0 aliphatic carbocycles. The Bertz CT molecular complexity index is 1020. The normalized spacial score (nSPS) is 15.3. The predicted molar refractivity (Wildman–Crippen MR) is 104 cm³/mol. The van der Waals surface area contributed by atoms with Crippen LogP contribution in [0.15, 0.2) is 78.9 Å². The minimum atomic E-state index is -4.98. The standard InChI is InChI=1S/C23H18F3NO3/c24-23(25,26)22(29,15-8-2-1-3-9-15)14-27-21(28)20-16-10-4-6-12-18(16)30-19-13-7-5-11-17(19)20/h1-13,20,29H,14H2,(H,27,28)/t22-/m0/s1. The molecule has 1 aliphatic rings. The highest BCUT2D eigenvalue weighted by atomic mass is 19.4. The van der Waals surface area contributed by atoms with Gasteiger partial charge in [-0.25, -0.2) is 0 Å². The van der Waals surface area contributed by atoms with Crippen molar-refractivity contribution in [2.24, 2.45) is 0 Å². The van der Waals surface area contributed by atoms with Crippen LogP contribution in [0.2, 0.25) is 0 Å². The molecule has 1 atom stereocenters. The van der Waals surface area contributed by atoms with Crippen molar-refractivity contribution >= 4 is 5.91 Å². The zero-order valence-corrected chi connectivity index (χ0v) is 15.7. The van der Waals surface area contributed by atoms with Crippen molar-refractivity contribution in [2.75, 3.05) is 6.54 Å². The first-order valence-electron chi connectivity index (χ1n) is 9.29. The molecule has 154 valence electrons. The third-order valence-corrected chi connectivity index (χ3v) is 5.18. The number of fused-ring (bicyclic) bond motifs is 2. The van der Waals surface area contributed by atoms with Gasteiger partial charge in [0.1, 0.15) is 11.5 Å². The first-order chi connectivity index (χ1) is 14.3. The summed E-state index contributed by atoms with van der Waals surface area (Å²) < 4.78 is 47.0. The number of halogens is 3. The second-order valence-electron chi connectivity index (χ2n) is 7.05. The maximum absolute atomic E-state index is 13.7. The fraction of sp³-hybridized carbons (Fsp3) is 0.174. The van der Waals surface area contributed by atoms with Crippen molar-refractivity contribution in [1.82, 2.24) is 5.32 Å². The number of carbonyl (C=O) groups excluding carboxylic acids is 1. The quantitative estimate of drug-likeness (QED) is 0.663. The summed E-state index contributed by atoms with van der Waals surface area (Å²) in [6, 6.07) is 20.5. The number of nitrogens with one attached hydrogen (secondary N) is 1. The summed E-state index contributed by atoms with van der Waals surface area (Å²) in [5, 5.41) is 12.8. The second kappa shape index (κ2) is 7.50. The molecule has 1 aliphatic heterocycles. The largest absolute Gasteiger partial charge is 0.457 e. The van der Waals surface area contributed by atoms with Crippen molar-refractivity contribution in [3.63, 3.8) is 0 Å². The lowest BCUT2D eigenvalue weighted by molar-refractivity contribution is -0.264. The number of aliphatic hydroxyl groups is 1. The SMILES string of the molecule is O=C(NC[C@](O)(c1ccccc1)C(F)(F)F)C1c2ccccc2Oc2ccccc21. The van der Waals surface area contributed by atoms with Crippen LogP contribution in [0.4, 0.5) is 13.2 Å². The first-order valence-corrected chi connectivity index (χ1v) is 9.29. The van der Waals surface area contributed by atoms with Gasteiger partial charge in [0.2, 0.25) is 11.5 Å². The zero-order valence-electron chi connectivity index (χ0n) is 15.7. The van der Waals surface area contributed by atoms with Crippen LogP contribution in [-0.2, 0) is 10.4 Å². The Labute approximate surface area is 170 Å². The molecule has 3 aromatic carbocycles. The molecule has 30 heavy (non-hydrogen) atoms. The minimum absolute atomic E-state index is 0.342. The number of ether oxygens (including phenoxy) is 1. The molecule has 0 fully saturated rings. The lowest BCUT2D eigenvalue weighted by Crippen LogP contribution is -2.51. The van der Waals surface area contributed by atoms with Gasteiger partial charge in [-0.2, -0.15) is 13.2 Å². The number of alkyl halides is 3. The molecule has 0 unspecified atom stereocenters. The van der Waals surface area contributed by atoms with Crippen LogP contribution < -0.4 is 10.1 Å². The summed E-state index contributed by atoms with van der Waals surface area (Å²) in [7, 11) is 0. The van der Waals surface area contributed by atoms with Crippen molar-refractivity contribution in [1.29, 1.82) is 0 Å². The van der Waals surface area contributed by atoms with Crippen LogP contribution in [0.25, 0.3) is 0 Å². The molecule has 7 heteroatoms. The van der Waals surface area contributed by atoms with Gasteiger partial charge in [-0.05, 0) is 17.7 Å². The molecule has 4 rings (SSSR count). The average molecular weight is 413 g/mol. The maximum Gasteiger partial charge on any atom is 0.423 e. The van der Waals surface area contributed by atoms with Gasteiger partial charge in [0.05, 0.1) is 12.5 Å². The van der Waals surface area contributed by atoms with E-state index in [4.69, 9.17) is 4.74 Å². The Morgan fingerprint density at radius 3 is 1.90 bits per heavy atom. The number of hydrogen-bond acceptors (Lipinski definition) is 3. The lowest BCUT2D eigenvalue weighted by Gasteiger charge is -2.32. The highest BCUT2D eigenvalue weighted by molar-refractivity contribution is 5.89. The summed E-state index contributed by atoms with van der Waals surface area (Å²) in [5.41, 5.74) is -2.47. The number of rotatable bonds is 4. The van der Waals surface area contributed by atoms with Gasteiger partial charge in [-0.3, -0.25) is 4.79 Å². The fourth-order valence-corrected chi connectivity index (χ4v) is 3.59. The van der Waals surface area contributed by atoms with Gasteiger partial charge in [-0.15, -0.1) is 0 Å². The summed E-state index contributed by atoms with van der Waals surface area (Å²) in [4.78, 5) is 13.1. The number of para-hydroxylation sites is 2. The smallest absolute Gasteiger partial charge is 0.423 e. The van der Waals surface area contributed by atoms with Gasteiger partial charge in [0.25, 0.3) is 0 Å². The number of hydrogen-bond donors (Lipinski definition) is 2. The summed E-state index contributed by atoms with van der Waals surface area (Å²) in [6.07, 6.45) is -4.98. The van der Waals surface area contributed by atoms with Gasteiger partial charge in [0, 0.05) is 11.1 Å². The van der Waals surface area contributed by atoms with E-state index in [2.05, 4.69) is 5.32 Å². The van der Waals surface area contributed by atoms with Crippen LogP contribution in [0.1, 0.15) is 22.6 Å². The molecule has 4 nitrogen and oxygen atoms in total. The Morgan fingerprint density at radius 1 is 0.867 bits per heavy atom. The molecular weight excluding hydrogens is 395 g/mol. The molecule has 0 aromatic heterocycles. The summed E-state index contributed by atoms with van der Waals surface area (Å²) >= 11 is 0. The van der Waals surface area contributed by atoms with E-state index in [9.17, 15) is 23.1 Å². The highest BCUT2D eigenvalue weighted by Gasteiger charge is 2.55. The molecule has 0 bridgehead atoms. The average Bonchev–Trinajstić information content (AvgIpc) is 2.75. The summed E-state index contributed by atoms with van der Waals surface area (Å²) in [6.45, 7) is -1.01. The Balaban J connectivity index is 1.66. The summed E-state index contributed by atoms with van der Waals surface area (Å²) in [5.74, 6) is -0.591. The van der Waals surface area contributed by atoms with Crippen molar-refractivity contribution < 1.29 is 27.8 Å². The molecule has 0 spiro atoms. The minimum Gasteiger partial charge on any atom is -0.457 e. The van der Waals surface area contributed by atoms with Crippen LogP contribution in [0, 0.1) is 0 Å².